The van der Waals surface area contributed by atoms with Gasteiger partial charge in [0.1, 0.15) is 22.2 Å². The largest absolute Gasteiger partial charge is 0.477 e. The standard InChI is InChI=1S/C12H15N5O2S/c1-4-20-11-9(12(18)19)10(13)17(16-11)8-5-6(2)14-7(3)15-8/h5H,4,13H2,1-3H3,(H,18,19). The number of aryl methyl sites for hydroxylation is 2. The molecule has 0 aliphatic heterocycles. The van der Waals surface area contributed by atoms with E-state index < -0.39 is 5.97 Å². The minimum Gasteiger partial charge on any atom is -0.477 e. The zero-order valence-electron chi connectivity index (χ0n) is 11.4. The highest BCUT2D eigenvalue weighted by Gasteiger charge is 2.23. The number of carbonyl (C=O) groups is 1. The van der Waals surface area contributed by atoms with Crippen molar-refractivity contribution in [3.63, 3.8) is 0 Å². The Bertz CT molecular complexity index is 648. The van der Waals surface area contributed by atoms with Crippen LogP contribution in [0, 0.1) is 13.8 Å². The molecule has 2 aromatic heterocycles. The molecule has 0 aromatic carbocycles. The van der Waals surface area contributed by atoms with Crippen molar-refractivity contribution in [1.29, 1.82) is 0 Å². The summed E-state index contributed by atoms with van der Waals surface area (Å²) in [6, 6.07) is 1.71. The lowest BCUT2D eigenvalue weighted by atomic mass is 10.3. The number of rotatable bonds is 4. The summed E-state index contributed by atoms with van der Waals surface area (Å²) < 4.78 is 1.35. The molecule has 0 bridgehead atoms. The molecule has 0 spiro atoms. The fourth-order valence-corrected chi connectivity index (χ4v) is 2.58. The molecule has 0 unspecified atom stereocenters. The summed E-state index contributed by atoms with van der Waals surface area (Å²) in [5, 5.41) is 13.9. The Kier molecular flexibility index (Phi) is 3.93. The minimum atomic E-state index is -1.09. The maximum absolute atomic E-state index is 11.3. The Morgan fingerprint density at radius 2 is 2.15 bits per heavy atom. The molecule has 0 amide bonds. The van der Waals surface area contributed by atoms with Crippen molar-refractivity contribution in [3.05, 3.63) is 23.1 Å². The summed E-state index contributed by atoms with van der Waals surface area (Å²) >= 11 is 1.33. The van der Waals surface area contributed by atoms with Crippen LogP contribution in [0.5, 0.6) is 0 Å². The predicted molar refractivity (Wildman–Crippen MR) is 76.4 cm³/mol. The second kappa shape index (κ2) is 5.49. The van der Waals surface area contributed by atoms with Gasteiger partial charge in [0, 0.05) is 11.8 Å². The third-order valence-corrected chi connectivity index (χ3v) is 3.40. The molecular formula is C12H15N5O2S. The molecule has 0 radical (unpaired) electrons. The van der Waals surface area contributed by atoms with Crippen molar-refractivity contribution >= 4 is 23.5 Å². The molecule has 20 heavy (non-hydrogen) atoms. The molecule has 0 saturated carbocycles. The molecule has 0 aliphatic carbocycles. The van der Waals surface area contributed by atoms with Crippen LogP contribution in [0.4, 0.5) is 5.82 Å². The van der Waals surface area contributed by atoms with Crippen LogP contribution in [0.25, 0.3) is 5.82 Å². The molecule has 8 heteroatoms. The Labute approximate surface area is 120 Å². The normalized spacial score (nSPS) is 10.8. The number of carboxylic acids is 1. The molecule has 0 aliphatic rings. The lowest BCUT2D eigenvalue weighted by molar-refractivity contribution is 0.0694. The second-order valence-corrected chi connectivity index (χ2v) is 5.38. The number of nitrogens with two attached hydrogens (primary N) is 1. The Morgan fingerprint density at radius 3 is 2.70 bits per heavy atom. The van der Waals surface area contributed by atoms with Gasteiger partial charge >= 0.3 is 5.97 Å². The van der Waals surface area contributed by atoms with Crippen molar-refractivity contribution < 1.29 is 9.90 Å². The van der Waals surface area contributed by atoms with E-state index in [0.717, 1.165) is 5.69 Å². The molecule has 2 heterocycles. The number of carboxylic acid groups (broad SMARTS) is 1. The van der Waals surface area contributed by atoms with Crippen molar-refractivity contribution in [1.82, 2.24) is 19.7 Å². The van der Waals surface area contributed by atoms with E-state index in [2.05, 4.69) is 15.1 Å². The highest BCUT2D eigenvalue weighted by atomic mass is 32.2. The summed E-state index contributed by atoms with van der Waals surface area (Å²) in [6.45, 7) is 5.51. The average molecular weight is 293 g/mol. The molecule has 0 saturated heterocycles. The summed E-state index contributed by atoms with van der Waals surface area (Å²) in [5.41, 5.74) is 6.70. The highest BCUT2D eigenvalue weighted by Crippen LogP contribution is 2.28. The SMILES string of the molecule is CCSc1nn(-c2cc(C)nc(C)n2)c(N)c1C(=O)O. The Balaban J connectivity index is 2.62. The van der Waals surface area contributed by atoms with Crippen molar-refractivity contribution in [2.75, 3.05) is 11.5 Å². The monoisotopic (exact) mass is 293 g/mol. The second-order valence-electron chi connectivity index (χ2n) is 4.13. The lowest BCUT2D eigenvalue weighted by Crippen LogP contribution is -2.08. The molecule has 0 fully saturated rings. The molecular weight excluding hydrogens is 278 g/mol. The van der Waals surface area contributed by atoms with Crippen molar-refractivity contribution in [3.8, 4) is 5.82 Å². The molecule has 2 aromatic rings. The first-order valence-electron chi connectivity index (χ1n) is 6.01. The molecule has 2 rings (SSSR count). The molecule has 0 atom stereocenters. The predicted octanol–water partition coefficient (Wildman–Crippen LogP) is 1.67. The van der Waals surface area contributed by atoms with E-state index in [1.807, 2.05) is 13.8 Å². The quantitative estimate of drug-likeness (QED) is 0.825. The third kappa shape index (κ3) is 2.60. The first-order valence-corrected chi connectivity index (χ1v) is 6.99. The minimum absolute atomic E-state index is 0.0192. The van der Waals surface area contributed by atoms with Gasteiger partial charge in [-0.2, -0.15) is 9.78 Å². The molecule has 106 valence electrons. The number of nitrogen functional groups attached to an aromatic ring is 1. The fourth-order valence-electron chi connectivity index (χ4n) is 1.83. The smallest absolute Gasteiger partial charge is 0.342 e. The Hall–Kier alpha value is -2.09. The van der Waals surface area contributed by atoms with Gasteiger partial charge in [0.15, 0.2) is 5.82 Å². The first kappa shape index (κ1) is 14.3. The van der Waals surface area contributed by atoms with Gasteiger partial charge in [-0.3, -0.25) is 0 Å². The van der Waals surface area contributed by atoms with Crippen LogP contribution in [0.15, 0.2) is 11.1 Å². The van der Waals surface area contributed by atoms with Crippen molar-refractivity contribution in [2.45, 2.75) is 25.8 Å². The van der Waals surface area contributed by atoms with Gasteiger partial charge in [-0.1, -0.05) is 6.92 Å². The van der Waals surface area contributed by atoms with Crippen molar-refractivity contribution in [2.24, 2.45) is 0 Å². The highest BCUT2D eigenvalue weighted by molar-refractivity contribution is 7.99. The van der Waals surface area contributed by atoms with E-state index in [0.29, 0.717) is 22.4 Å². The first-order chi connectivity index (χ1) is 9.43. The number of hydrogen-bond donors (Lipinski definition) is 2. The number of anilines is 1. The number of thioether (sulfide) groups is 1. The van der Waals surface area contributed by atoms with Gasteiger partial charge in [-0.15, -0.1) is 11.8 Å². The van der Waals surface area contributed by atoms with E-state index in [4.69, 9.17) is 5.73 Å². The Morgan fingerprint density at radius 1 is 1.45 bits per heavy atom. The van der Waals surface area contributed by atoms with E-state index in [1.54, 1.807) is 13.0 Å². The zero-order chi connectivity index (χ0) is 14.9. The van der Waals surface area contributed by atoms with Gasteiger partial charge in [0.25, 0.3) is 0 Å². The van der Waals surface area contributed by atoms with E-state index in [1.165, 1.54) is 16.4 Å². The van der Waals surface area contributed by atoms with Crippen LogP contribution in [0.2, 0.25) is 0 Å². The maximum Gasteiger partial charge on any atom is 0.342 e. The van der Waals surface area contributed by atoms with Gasteiger partial charge in [0.05, 0.1) is 0 Å². The van der Waals surface area contributed by atoms with Gasteiger partial charge < -0.3 is 10.8 Å². The number of hydrogen-bond acceptors (Lipinski definition) is 6. The van der Waals surface area contributed by atoms with Crippen LogP contribution >= 0.6 is 11.8 Å². The number of aromatic carboxylic acids is 1. The van der Waals surface area contributed by atoms with E-state index in [9.17, 15) is 9.90 Å². The summed E-state index contributed by atoms with van der Waals surface area (Å²) in [4.78, 5) is 19.7. The van der Waals surface area contributed by atoms with Gasteiger partial charge in [-0.25, -0.2) is 14.8 Å². The number of nitrogens with zero attached hydrogens (tertiary/aromatic N) is 4. The zero-order valence-corrected chi connectivity index (χ0v) is 12.2. The average Bonchev–Trinajstić information content (AvgIpc) is 2.65. The van der Waals surface area contributed by atoms with Gasteiger partial charge in [0.2, 0.25) is 0 Å². The summed E-state index contributed by atoms with van der Waals surface area (Å²) in [5.74, 6) is 0.742. The maximum atomic E-state index is 11.3. The fraction of sp³-hybridized carbons (Fsp3) is 0.333. The van der Waals surface area contributed by atoms with Crippen LogP contribution in [0.3, 0.4) is 0 Å². The number of aromatic nitrogens is 4. The van der Waals surface area contributed by atoms with Gasteiger partial charge in [-0.05, 0) is 19.6 Å². The molecule has 3 N–H and O–H groups in total. The molecule has 7 nitrogen and oxygen atoms in total. The van der Waals surface area contributed by atoms with E-state index >= 15 is 0 Å². The third-order valence-electron chi connectivity index (χ3n) is 2.55. The lowest BCUT2D eigenvalue weighted by Gasteiger charge is -2.05. The topological polar surface area (TPSA) is 107 Å². The van der Waals surface area contributed by atoms with Crippen LogP contribution in [0.1, 0.15) is 28.8 Å². The summed E-state index contributed by atoms with van der Waals surface area (Å²) in [6.07, 6.45) is 0. The van der Waals surface area contributed by atoms with Crippen LogP contribution in [-0.4, -0.2) is 36.6 Å². The van der Waals surface area contributed by atoms with E-state index in [-0.39, 0.29) is 11.4 Å². The summed E-state index contributed by atoms with van der Waals surface area (Å²) in [7, 11) is 0. The van der Waals surface area contributed by atoms with Crippen LogP contribution in [-0.2, 0) is 0 Å². The van der Waals surface area contributed by atoms with Crippen LogP contribution < -0.4 is 5.73 Å².